The third-order valence-corrected chi connectivity index (χ3v) is 6.02. The number of benzene rings is 1. The van der Waals surface area contributed by atoms with Crippen LogP contribution in [0.15, 0.2) is 30.8 Å². The summed E-state index contributed by atoms with van der Waals surface area (Å²) in [6, 6.07) is 9.24. The van der Waals surface area contributed by atoms with E-state index in [2.05, 4.69) is 32.2 Å². The van der Waals surface area contributed by atoms with E-state index in [0.29, 0.717) is 6.61 Å². The van der Waals surface area contributed by atoms with Crippen LogP contribution in [0.2, 0.25) is 12.6 Å². The van der Waals surface area contributed by atoms with Crippen molar-refractivity contribution in [2.45, 2.75) is 39.5 Å². The van der Waals surface area contributed by atoms with Gasteiger partial charge in [-0.1, -0.05) is 50.3 Å². The standard InChI is InChI=1S/C15H24O2Si/c1-5-12-18(4,16-7-3)17-13-15-11-9-8-10-14(15)6-2/h6,8-11H,2,5,7,12-13H2,1,3-4H3. The Morgan fingerprint density at radius 1 is 1.22 bits per heavy atom. The van der Waals surface area contributed by atoms with Gasteiger partial charge in [0.25, 0.3) is 0 Å². The third kappa shape index (κ3) is 4.41. The van der Waals surface area contributed by atoms with Gasteiger partial charge < -0.3 is 8.85 Å². The van der Waals surface area contributed by atoms with Crippen LogP contribution in [-0.2, 0) is 15.5 Å². The summed E-state index contributed by atoms with van der Waals surface area (Å²) in [5.74, 6) is 0. The van der Waals surface area contributed by atoms with Gasteiger partial charge in [-0.15, -0.1) is 0 Å². The molecule has 0 N–H and O–H groups in total. The Hall–Kier alpha value is -0.903. The van der Waals surface area contributed by atoms with Crippen LogP contribution in [0.25, 0.3) is 6.08 Å². The van der Waals surface area contributed by atoms with E-state index >= 15 is 0 Å². The highest BCUT2D eigenvalue weighted by atomic mass is 28.4. The quantitative estimate of drug-likeness (QED) is 0.649. The van der Waals surface area contributed by atoms with Crippen LogP contribution < -0.4 is 0 Å². The molecule has 0 spiro atoms. The molecule has 0 fully saturated rings. The maximum absolute atomic E-state index is 6.11. The average Bonchev–Trinajstić information content (AvgIpc) is 2.37. The van der Waals surface area contributed by atoms with Crippen molar-refractivity contribution in [1.82, 2.24) is 0 Å². The van der Waals surface area contributed by atoms with E-state index in [0.717, 1.165) is 24.6 Å². The van der Waals surface area contributed by atoms with Crippen LogP contribution in [0.5, 0.6) is 0 Å². The summed E-state index contributed by atoms with van der Waals surface area (Å²) in [5.41, 5.74) is 2.32. The first kappa shape index (κ1) is 15.2. The predicted octanol–water partition coefficient (Wildman–Crippen LogP) is 4.36. The molecule has 1 atom stereocenters. The lowest BCUT2D eigenvalue weighted by Crippen LogP contribution is -2.38. The van der Waals surface area contributed by atoms with Crippen LogP contribution in [0.4, 0.5) is 0 Å². The fourth-order valence-corrected chi connectivity index (χ4v) is 4.39. The Labute approximate surface area is 112 Å². The van der Waals surface area contributed by atoms with Crippen molar-refractivity contribution in [2.24, 2.45) is 0 Å². The zero-order chi connectivity index (χ0) is 13.4. The molecule has 0 aliphatic heterocycles. The summed E-state index contributed by atoms with van der Waals surface area (Å²) in [5, 5.41) is 0. The molecule has 1 unspecified atom stereocenters. The SMILES string of the molecule is C=Cc1ccccc1CO[Si](C)(CCC)OCC. The third-order valence-electron chi connectivity index (χ3n) is 2.96. The minimum Gasteiger partial charge on any atom is -0.395 e. The van der Waals surface area contributed by atoms with Crippen molar-refractivity contribution in [3.05, 3.63) is 42.0 Å². The second kappa shape index (κ2) is 7.51. The van der Waals surface area contributed by atoms with Crippen molar-refractivity contribution < 1.29 is 8.85 Å². The highest BCUT2D eigenvalue weighted by Gasteiger charge is 2.30. The van der Waals surface area contributed by atoms with Crippen LogP contribution in [-0.4, -0.2) is 15.2 Å². The molecule has 0 radical (unpaired) electrons. The zero-order valence-electron chi connectivity index (χ0n) is 11.7. The molecule has 100 valence electrons. The minimum atomic E-state index is -2.00. The topological polar surface area (TPSA) is 18.5 Å². The fourth-order valence-electron chi connectivity index (χ4n) is 2.04. The minimum absolute atomic E-state index is 0.616. The van der Waals surface area contributed by atoms with Gasteiger partial charge in [-0.2, -0.15) is 0 Å². The van der Waals surface area contributed by atoms with Crippen molar-refractivity contribution in [1.29, 1.82) is 0 Å². The van der Waals surface area contributed by atoms with Gasteiger partial charge in [0.05, 0.1) is 6.61 Å². The van der Waals surface area contributed by atoms with Gasteiger partial charge in [-0.3, -0.25) is 0 Å². The monoisotopic (exact) mass is 264 g/mol. The zero-order valence-corrected chi connectivity index (χ0v) is 12.7. The maximum Gasteiger partial charge on any atom is 0.335 e. The van der Waals surface area contributed by atoms with E-state index in [1.54, 1.807) is 0 Å². The van der Waals surface area contributed by atoms with Crippen molar-refractivity contribution in [2.75, 3.05) is 6.61 Å². The summed E-state index contributed by atoms with van der Waals surface area (Å²) in [6.45, 7) is 11.5. The highest BCUT2D eigenvalue weighted by molar-refractivity contribution is 6.65. The number of rotatable bonds is 8. The van der Waals surface area contributed by atoms with Gasteiger partial charge in [-0.05, 0) is 30.6 Å². The molecule has 0 bridgehead atoms. The first-order chi connectivity index (χ1) is 8.65. The largest absolute Gasteiger partial charge is 0.395 e. The number of hydrogen-bond acceptors (Lipinski definition) is 2. The van der Waals surface area contributed by atoms with Gasteiger partial charge in [0.2, 0.25) is 0 Å². The van der Waals surface area contributed by atoms with E-state index in [-0.39, 0.29) is 0 Å². The normalized spacial score (nSPS) is 14.2. The molecular weight excluding hydrogens is 240 g/mol. The fraction of sp³-hybridized carbons (Fsp3) is 0.467. The van der Waals surface area contributed by atoms with Crippen LogP contribution in [0, 0.1) is 0 Å². The van der Waals surface area contributed by atoms with Crippen molar-refractivity contribution >= 4 is 14.6 Å². The lowest BCUT2D eigenvalue weighted by Gasteiger charge is -2.26. The van der Waals surface area contributed by atoms with Crippen LogP contribution in [0.3, 0.4) is 0 Å². The predicted molar refractivity (Wildman–Crippen MR) is 79.7 cm³/mol. The summed E-state index contributed by atoms with van der Waals surface area (Å²) in [4.78, 5) is 0. The Morgan fingerprint density at radius 2 is 1.94 bits per heavy atom. The Balaban J connectivity index is 2.69. The van der Waals surface area contributed by atoms with Gasteiger partial charge >= 0.3 is 8.56 Å². The lowest BCUT2D eigenvalue weighted by atomic mass is 10.1. The summed E-state index contributed by atoms with van der Waals surface area (Å²) in [6.07, 6.45) is 2.98. The first-order valence-corrected chi connectivity index (χ1v) is 9.15. The molecule has 1 rings (SSSR count). The summed E-state index contributed by atoms with van der Waals surface area (Å²) in [7, 11) is -2.00. The molecule has 0 saturated carbocycles. The molecule has 3 heteroatoms. The van der Waals surface area contributed by atoms with E-state index in [4.69, 9.17) is 8.85 Å². The van der Waals surface area contributed by atoms with E-state index < -0.39 is 8.56 Å². The molecule has 0 amide bonds. The summed E-state index contributed by atoms with van der Waals surface area (Å²) < 4.78 is 12.0. The molecule has 1 aromatic rings. The molecule has 2 nitrogen and oxygen atoms in total. The molecule has 0 heterocycles. The molecule has 0 saturated heterocycles. The average molecular weight is 264 g/mol. The summed E-state index contributed by atoms with van der Waals surface area (Å²) >= 11 is 0. The van der Waals surface area contributed by atoms with Crippen LogP contribution in [0.1, 0.15) is 31.4 Å². The second-order valence-corrected chi connectivity index (χ2v) is 7.85. The van der Waals surface area contributed by atoms with E-state index in [9.17, 15) is 0 Å². The lowest BCUT2D eigenvalue weighted by molar-refractivity contribution is 0.172. The first-order valence-electron chi connectivity index (χ1n) is 6.63. The molecule has 18 heavy (non-hydrogen) atoms. The van der Waals surface area contributed by atoms with Gasteiger partial charge in [0, 0.05) is 6.61 Å². The van der Waals surface area contributed by atoms with Crippen molar-refractivity contribution in [3.8, 4) is 0 Å². The highest BCUT2D eigenvalue weighted by Crippen LogP contribution is 2.19. The second-order valence-electron chi connectivity index (χ2n) is 4.51. The van der Waals surface area contributed by atoms with E-state index in [1.165, 1.54) is 5.56 Å². The molecule has 1 aromatic carbocycles. The molecule has 0 aliphatic carbocycles. The Kier molecular flexibility index (Phi) is 6.33. The van der Waals surface area contributed by atoms with Gasteiger partial charge in [0.1, 0.15) is 0 Å². The Morgan fingerprint density at radius 3 is 2.56 bits per heavy atom. The molecule has 0 aliphatic rings. The maximum atomic E-state index is 6.11. The van der Waals surface area contributed by atoms with Gasteiger partial charge in [0.15, 0.2) is 0 Å². The van der Waals surface area contributed by atoms with Gasteiger partial charge in [-0.25, -0.2) is 0 Å². The van der Waals surface area contributed by atoms with Crippen LogP contribution >= 0.6 is 0 Å². The Bertz CT molecular complexity index is 371. The van der Waals surface area contributed by atoms with E-state index in [1.807, 2.05) is 25.1 Å². The number of hydrogen-bond donors (Lipinski definition) is 0. The van der Waals surface area contributed by atoms with Crippen molar-refractivity contribution in [3.63, 3.8) is 0 Å². The molecule has 0 aromatic heterocycles. The molecular formula is C15H24O2Si. The smallest absolute Gasteiger partial charge is 0.335 e.